The molecule has 0 fully saturated rings. The number of nitrogens with one attached hydrogen (secondary N) is 1. The van der Waals surface area contributed by atoms with Gasteiger partial charge in [-0.3, -0.25) is 9.59 Å². The number of methoxy groups -OCH3 is 4. The summed E-state index contributed by atoms with van der Waals surface area (Å²) in [5.41, 5.74) is 1.77. The van der Waals surface area contributed by atoms with Crippen LogP contribution in [0.5, 0.6) is 23.0 Å². The van der Waals surface area contributed by atoms with Gasteiger partial charge in [-0.05, 0) is 47.9 Å². The van der Waals surface area contributed by atoms with E-state index in [1.54, 1.807) is 36.3 Å². The molecule has 0 atom stereocenters. The third kappa shape index (κ3) is 4.77. The minimum atomic E-state index is -0.329. The lowest BCUT2D eigenvalue weighted by atomic mass is 10.1. The van der Waals surface area contributed by atoms with E-state index >= 15 is 0 Å². The van der Waals surface area contributed by atoms with Crippen LogP contribution in [-0.2, 0) is 6.54 Å². The second kappa shape index (κ2) is 10.2. The van der Waals surface area contributed by atoms with Crippen LogP contribution in [0.2, 0.25) is 0 Å². The van der Waals surface area contributed by atoms with E-state index in [0.717, 1.165) is 5.39 Å². The summed E-state index contributed by atoms with van der Waals surface area (Å²) < 4.78 is 21.5. The van der Waals surface area contributed by atoms with Gasteiger partial charge in [0.1, 0.15) is 5.75 Å². The van der Waals surface area contributed by atoms with Crippen molar-refractivity contribution in [2.75, 3.05) is 33.3 Å². The smallest absolute Gasteiger partial charge is 0.258 e. The zero-order valence-corrected chi connectivity index (χ0v) is 20.0. The summed E-state index contributed by atoms with van der Waals surface area (Å²) in [6.07, 6.45) is 0. The first-order valence-corrected chi connectivity index (χ1v) is 10.9. The van der Waals surface area contributed by atoms with Crippen molar-refractivity contribution in [2.24, 2.45) is 0 Å². The first-order chi connectivity index (χ1) is 17.0. The summed E-state index contributed by atoms with van der Waals surface area (Å²) in [5, 5.41) is 0.827. The average Bonchev–Trinajstić information content (AvgIpc) is 2.90. The maximum absolute atomic E-state index is 13.8. The van der Waals surface area contributed by atoms with Crippen molar-refractivity contribution >= 4 is 22.5 Å². The number of benzene rings is 3. The molecule has 0 unspecified atom stereocenters. The number of carbonyl (C=O) groups is 1. The average molecular weight is 475 g/mol. The maximum Gasteiger partial charge on any atom is 0.258 e. The molecular formula is C27H26N2O6. The maximum atomic E-state index is 13.8. The van der Waals surface area contributed by atoms with Gasteiger partial charge in [0.25, 0.3) is 11.5 Å². The van der Waals surface area contributed by atoms with E-state index in [-0.39, 0.29) is 18.0 Å². The molecule has 0 aliphatic carbocycles. The van der Waals surface area contributed by atoms with Crippen molar-refractivity contribution in [2.45, 2.75) is 6.54 Å². The molecule has 180 valence electrons. The number of fused-ring (bicyclic) bond motifs is 1. The van der Waals surface area contributed by atoms with Crippen LogP contribution in [0.3, 0.4) is 0 Å². The highest BCUT2D eigenvalue weighted by atomic mass is 16.5. The van der Waals surface area contributed by atoms with E-state index in [1.165, 1.54) is 21.3 Å². The van der Waals surface area contributed by atoms with Gasteiger partial charge in [0.2, 0.25) is 5.75 Å². The number of rotatable bonds is 8. The monoisotopic (exact) mass is 474 g/mol. The van der Waals surface area contributed by atoms with E-state index in [4.69, 9.17) is 18.9 Å². The molecule has 0 saturated carbocycles. The number of aromatic amines is 1. The van der Waals surface area contributed by atoms with Crippen LogP contribution < -0.4 is 29.4 Å². The number of para-hydroxylation sites is 1. The van der Waals surface area contributed by atoms with Gasteiger partial charge in [-0.2, -0.15) is 0 Å². The fourth-order valence-electron chi connectivity index (χ4n) is 3.89. The normalized spacial score (nSPS) is 10.6. The molecule has 8 heteroatoms. The second-order valence-corrected chi connectivity index (χ2v) is 7.72. The first kappa shape index (κ1) is 23.7. The number of hydrogen-bond acceptors (Lipinski definition) is 6. The molecule has 0 spiro atoms. The van der Waals surface area contributed by atoms with Crippen LogP contribution in [0.1, 0.15) is 15.9 Å². The molecule has 8 nitrogen and oxygen atoms in total. The van der Waals surface area contributed by atoms with Crippen LogP contribution in [0.4, 0.5) is 5.69 Å². The van der Waals surface area contributed by atoms with E-state index in [2.05, 4.69) is 4.98 Å². The van der Waals surface area contributed by atoms with Crippen molar-refractivity contribution in [3.8, 4) is 23.0 Å². The lowest BCUT2D eigenvalue weighted by Crippen LogP contribution is -2.33. The Labute approximate surface area is 202 Å². The lowest BCUT2D eigenvalue weighted by Gasteiger charge is -2.24. The van der Waals surface area contributed by atoms with Gasteiger partial charge in [-0.25, -0.2) is 0 Å². The van der Waals surface area contributed by atoms with Crippen molar-refractivity contribution < 1.29 is 23.7 Å². The highest BCUT2D eigenvalue weighted by Crippen LogP contribution is 2.39. The lowest BCUT2D eigenvalue weighted by molar-refractivity contribution is 0.0984. The Hall–Kier alpha value is -4.46. The third-order valence-electron chi connectivity index (χ3n) is 5.68. The predicted octanol–water partition coefficient (Wildman–Crippen LogP) is 4.41. The van der Waals surface area contributed by atoms with Crippen LogP contribution in [0.15, 0.2) is 71.5 Å². The first-order valence-electron chi connectivity index (χ1n) is 10.9. The Balaban J connectivity index is 1.79. The van der Waals surface area contributed by atoms with Crippen LogP contribution >= 0.6 is 0 Å². The molecule has 4 rings (SSSR count). The minimum absolute atomic E-state index is 0.0524. The summed E-state index contributed by atoms with van der Waals surface area (Å²) in [6, 6.07) is 19.6. The van der Waals surface area contributed by atoms with Crippen LogP contribution in [0, 0.1) is 0 Å². The Bertz CT molecular complexity index is 1390. The highest BCUT2D eigenvalue weighted by Gasteiger charge is 2.23. The number of hydrogen-bond donors (Lipinski definition) is 1. The zero-order chi connectivity index (χ0) is 24.9. The minimum Gasteiger partial charge on any atom is -0.497 e. The van der Waals surface area contributed by atoms with Crippen molar-refractivity contribution in [3.63, 3.8) is 0 Å². The van der Waals surface area contributed by atoms with Gasteiger partial charge in [0, 0.05) is 22.9 Å². The van der Waals surface area contributed by atoms with E-state index in [9.17, 15) is 9.59 Å². The summed E-state index contributed by atoms with van der Waals surface area (Å²) in [7, 11) is 6.05. The van der Waals surface area contributed by atoms with Gasteiger partial charge >= 0.3 is 0 Å². The van der Waals surface area contributed by atoms with E-state index in [1.807, 2.05) is 42.5 Å². The van der Waals surface area contributed by atoms with Crippen molar-refractivity contribution in [1.29, 1.82) is 0 Å². The molecule has 35 heavy (non-hydrogen) atoms. The van der Waals surface area contributed by atoms with Gasteiger partial charge in [0.05, 0.1) is 40.5 Å². The Morgan fingerprint density at radius 2 is 1.51 bits per heavy atom. The number of H-pyrrole nitrogens is 1. The van der Waals surface area contributed by atoms with Crippen molar-refractivity contribution in [3.05, 3.63) is 88.2 Å². The standard InChI is InChI=1S/C27H26N2O6/c1-32-21-11-10-17-12-19(26(30)28-22(17)15-21)16-29(20-8-6-5-7-9-20)27(31)18-13-23(33-2)25(35-4)24(14-18)34-3/h5-15H,16H2,1-4H3,(H,28,30). The zero-order valence-electron chi connectivity index (χ0n) is 20.0. The Morgan fingerprint density at radius 1 is 0.829 bits per heavy atom. The van der Waals surface area contributed by atoms with Gasteiger partial charge < -0.3 is 28.8 Å². The van der Waals surface area contributed by atoms with Gasteiger partial charge in [-0.15, -0.1) is 0 Å². The summed E-state index contributed by atoms with van der Waals surface area (Å²) in [6.45, 7) is 0.0524. The molecule has 0 aliphatic heterocycles. The van der Waals surface area contributed by atoms with E-state index < -0.39 is 0 Å². The molecule has 1 N–H and O–H groups in total. The molecule has 0 bridgehead atoms. The topological polar surface area (TPSA) is 90.1 Å². The number of aromatic nitrogens is 1. The molecule has 0 aliphatic rings. The molecular weight excluding hydrogens is 448 g/mol. The second-order valence-electron chi connectivity index (χ2n) is 7.72. The quantitative estimate of drug-likeness (QED) is 0.407. The number of amides is 1. The molecule has 1 heterocycles. The molecule has 0 radical (unpaired) electrons. The number of ether oxygens (including phenoxy) is 4. The number of carbonyl (C=O) groups excluding carboxylic acids is 1. The van der Waals surface area contributed by atoms with Crippen LogP contribution in [-0.4, -0.2) is 39.3 Å². The number of pyridine rings is 1. The molecule has 0 saturated heterocycles. The van der Waals surface area contributed by atoms with Gasteiger partial charge in [0.15, 0.2) is 11.5 Å². The fourth-order valence-corrected chi connectivity index (χ4v) is 3.89. The molecule has 4 aromatic rings. The van der Waals surface area contributed by atoms with Crippen LogP contribution in [0.25, 0.3) is 10.9 Å². The number of nitrogens with zero attached hydrogens (tertiary/aromatic N) is 1. The molecule has 1 aromatic heterocycles. The molecule has 1 amide bonds. The Morgan fingerprint density at radius 3 is 2.11 bits per heavy atom. The van der Waals surface area contributed by atoms with E-state index in [0.29, 0.717) is 45.3 Å². The SMILES string of the molecule is COc1ccc2cc(CN(C(=O)c3cc(OC)c(OC)c(OC)c3)c3ccccc3)c(=O)[nH]c2c1. The summed E-state index contributed by atoms with van der Waals surface area (Å²) in [4.78, 5) is 31.2. The Kier molecular flexibility index (Phi) is 6.91. The summed E-state index contributed by atoms with van der Waals surface area (Å²) >= 11 is 0. The summed E-state index contributed by atoms with van der Waals surface area (Å²) in [5.74, 6) is 1.43. The fraction of sp³-hybridized carbons (Fsp3) is 0.185. The van der Waals surface area contributed by atoms with Crippen molar-refractivity contribution in [1.82, 2.24) is 4.98 Å². The highest BCUT2D eigenvalue weighted by molar-refractivity contribution is 6.06. The largest absolute Gasteiger partial charge is 0.497 e. The predicted molar refractivity (Wildman–Crippen MR) is 134 cm³/mol. The number of anilines is 1. The third-order valence-corrected chi connectivity index (χ3v) is 5.68. The molecule has 3 aromatic carbocycles. The van der Waals surface area contributed by atoms with Gasteiger partial charge in [-0.1, -0.05) is 18.2 Å².